The highest BCUT2D eigenvalue weighted by Crippen LogP contribution is 2.23. The van der Waals surface area contributed by atoms with Gasteiger partial charge in [-0.3, -0.25) is 9.79 Å². The molecule has 1 aromatic rings. The summed E-state index contributed by atoms with van der Waals surface area (Å²) >= 11 is 3.30. The molecule has 0 spiro atoms. The molecule has 0 bridgehead atoms. The highest BCUT2D eigenvalue weighted by atomic mass is 79.9. The SMILES string of the molecule is CS(=O)(=O)NC(=O)C1=NCc2ccc(Br)cc21. The smallest absolute Gasteiger partial charge is 0.274 e. The van der Waals surface area contributed by atoms with E-state index in [0.717, 1.165) is 16.3 Å². The predicted octanol–water partition coefficient (Wildman–Crippen LogP) is 0.828. The summed E-state index contributed by atoms with van der Waals surface area (Å²) in [6.45, 7) is 0.398. The highest BCUT2D eigenvalue weighted by Gasteiger charge is 2.24. The number of benzene rings is 1. The van der Waals surface area contributed by atoms with Crippen LogP contribution in [0.2, 0.25) is 0 Å². The third kappa shape index (κ3) is 2.73. The molecule has 1 aromatic carbocycles. The number of nitrogens with zero attached hydrogens (tertiary/aromatic N) is 1. The molecule has 1 amide bonds. The van der Waals surface area contributed by atoms with Crippen LogP contribution in [-0.2, 0) is 21.4 Å². The summed E-state index contributed by atoms with van der Waals surface area (Å²) in [5.41, 5.74) is 1.74. The van der Waals surface area contributed by atoms with Crippen molar-refractivity contribution in [2.75, 3.05) is 6.26 Å². The monoisotopic (exact) mass is 316 g/mol. The lowest BCUT2D eigenvalue weighted by Gasteiger charge is -2.04. The second kappa shape index (κ2) is 4.23. The molecule has 0 aromatic heterocycles. The zero-order valence-electron chi connectivity index (χ0n) is 8.90. The van der Waals surface area contributed by atoms with E-state index in [9.17, 15) is 13.2 Å². The fourth-order valence-electron chi connectivity index (χ4n) is 1.57. The summed E-state index contributed by atoms with van der Waals surface area (Å²) in [7, 11) is -3.57. The Balaban J connectivity index is 2.33. The topological polar surface area (TPSA) is 75.6 Å². The first-order valence-electron chi connectivity index (χ1n) is 4.72. The van der Waals surface area contributed by atoms with Gasteiger partial charge in [-0.05, 0) is 17.7 Å². The Morgan fingerprint density at radius 3 is 2.82 bits per heavy atom. The number of aliphatic imine (C=N–C) groups is 1. The molecule has 1 aliphatic rings. The van der Waals surface area contributed by atoms with Crippen molar-refractivity contribution < 1.29 is 13.2 Å². The standard InChI is InChI=1S/C10H9BrN2O3S/c1-17(15,16)13-10(14)9-8-4-7(11)3-2-6(8)5-12-9/h2-4H,5H2,1H3,(H,13,14). The summed E-state index contributed by atoms with van der Waals surface area (Å²) < 4.78 is 24.7. The third-order valence-electron chi connectivity index (χ3n) is 2.23. The van der Waals surface area contributed by atoms with E-state index in [1.165, 1.54) is 0 Å². The van der Waals surface area contributed by atoms with E-state index in [2.05, 4.69) is 20.9 Å². The summed E-state index contributed by atoms with van der Waals surface area (Å²) in [5.74, 6) is -0.690. The first-order chi connectivity index (χ1) is 7.87. The lowest BCUT2D eigenvalue weighted by molar-refractivity contribution is -0.113. The minimum atomic E-state index is -3.57. The molecule has 1 N–H and O–H groups in total. The number of nitrogens with one attached hydrogen (secondary N) is 1. The molecule has 0 saturated heterocycles. The lowest BCUT2D eigenvalue weighted by Crippen LogP contribution is -2.35. The number of amides is 1. The van der Waals surface area contributed by atoms with Gasteiger partial charge in [-0.2, -0.15) is 0 Å². The number of sulfonamides is 1. The van der Waals surface area contributed by atoms with Gasteiger partial charge in [0.1, 0.15) is 5.71 Å². The molecule has 0 fully saturated rings. The van der Waals surface area contributed by atoms with Crippen LogP contribution in [0.15, 0.2) is 27.7 Å². The molecule has 0 radical (unpaired) electrons. The number of rotatable bonds is 2. The van der Waals surface area contributed by atoms with Crippen LogP contribution in [-0.4, -0.2) is 26.3 Å². The van der Waals surface area contributed by atoms with Gasteiger partial charge >= 0.3 is 0 Å². The Morgan fingerprint density at radius 2 is 2.18 bits per heavy atom. The number of fused-ring (bicyclic) bond motifs is 1. The average molecular weight is 317 g/mol. The number of carbonyl (C=O) groups excluding carboxylic acids is 1. The van der Waals surface area contributed by atoms with Crippen molar-refractivity contribution in [1.82, 2.24) is 4.72 Å². The van der Waals surface area contributed by atoms with Crippen molar-refractivity contribution in [1.29, 1.82) is 0 Å². The van der Waals surface area contributed by atoms with Gasteiger partial charge in [0.05, 0.1) is 12.8 Å². The van der Waals surface area contributed by atoms with Gasteiger partial charge in [-0.15, -0.1) is 0 Å². The van der Waals surface area contributed by atoms with Crippen molar-refractivity contribution in [2.45, 2.75) is 6.54 Å². The molecular formula is C10H9BrN2O3S. The van der Waals surface area contributed by atoms with E-state index in [-0.39, 0.29) is 5.71 Å². The van der Waals surface area contributed by atoms with Crippen molar-refractivity contribution in [2.24, 2.45) is 4.99 Å². The number of hydrogen-bond acceptors (Lipinski definition) is 4. The van der Waals surface area contributed by atoms with Crippen molar-refractivity contribution in [3.05, 3.63) is 33.8 Å². The van der Waals surface area contributed by atoms with Gasteiger partial charge in [0.2, 0.25) is 10.0 Å². The molecule has 0 unspecified atom stereocenters. The molecule has 0 saturated carbocycles. The fraction of sp³-hybridized carbons (Fsp3) is 0.200. The average Bonchev–Trinajstić information content (AvgIpc) is 2.57. The first-order valence-corrected chi connectivity index (χ1v) is 7.40. The largest absolute Gasteiger partial charge is 0.283 e. The Labute approximate surface area is 107 Å². The first kappa shape index (κ1) is 12.3. The lowest BCUT2D eigenvalue weighted by atomic mass is 10.1. The number of hydrogen-bond donors (Lipinski definition) is 1. The van der Waals surface area contributed by atoms with E-state index in [0.29, 0.717) is 12.1 Å². The van der Waals surface area contributed by atoms with E-state index in [4.69, 9.17) is 0 Å². The summed E-state index contributed by atoms with van der Waals surface area (Å²) in [5, 5.41) is 0. The Bertz CT molecular complexity index is 622. The van der Waals surface area contributed by atoms with Crippen LogP contribution < -0.4 is 4.72 Å². The maximum atomic E-state index is 11.7. The molecule has 1 heterocycles. The molecular weight excluding hydrogens is 308 g/mol. The van der Waals surface area contributed by atoms with E-state index < -0.39 is 15.9 Å². The van der Waals surface area contributed by atoms with Crippen molar-refractivity contribution in [3.63, 3.8) is 0 Å². The van der Waals surface area contributed by atoms with Gasteiger partial charge < -0.3 is 0 Å². The van der Waals surface area contributed by atoms with Gasteiger partial charge in [0.25, 0.3) is 5.91 Å². The van der Waals surface area contributed by atoms with Crippen LogP contribution >= 0.6 is 15.9 Å². The van der Waals surface area contributed by atoms with Gasteiger partial charge in [0, 0.05) is 10.0 Å². The minimum Gasteiger partial charge on any atom is -0.274 e. The number of halogens is 1. The maximum absolute atomic E-state index is 11.7. The zero-order chi connectivity index (χ0) is 12.6. The molecule has 0 atom stereocenters. The van der Waals surface area contributed by atoms with Gasteiger partial charge in [0.15, 0.2) is 0 Å². The molecule has 5 nitrogen and oxygen atoms in total. The van der Waals surface area contributed by atoms with E-state index in [1.807, 2.05) is 16.9 Å². The summed E-state index contributed by atoms with van der Waals surface area (Å²) in [6, 6.07) is 5.46. The number of carbonyl (C=O) groups is 1. The van der Waals surface area contributed by atoms with E-state index >= 15 is 0 Å². The predicted molar refractivity (Wildman–Crippen MR) is 67.4 cm³/mol. The highest BCUT2D eigenvalue weighted by molar-refractivity contribution is 9.10. The van der Waals surface area contributed by atoms with Crippen LogP contribution in [0.4, 0.5) is 0 Å². The normalized spacial score (nSPS) is 14.1. The van der Waals surface area contributed by atoms with Gasteiger partial charge in [-0.25, -0.2) is 13.1 Å². The second-order valence-corrected chi connectivity index (χ2v) is 6.33. The fourth-order valence-corrected chi connectivity index (χ4v) is 2.36. The summed E-state index contributed by atoms with van der Waals surface area (Å²) in [6.07, 6.45) is 0.933. The van der Waals surface area contributed by atoms with Crippen LogP contribution in [0, 0.1) is 0 Å². The Hall–Kier alpha value is -1.21. The minimum absolute atomic E-state index is 0.159. The van der Waals surface area contributed by atoms with E-state index in [1.54, 1.807) is 6.07 Å². The quantitative estimate of drug-likeness (QED) is 0.878. The Morgan fingerprint density at radius 1 is 1.47 bits per heavy atom. The molecule has 90 valence electrons. The molecule has 1 aliphatic heterocycles. The summed E-state index contributed by atoms with van der Waals surface area (Å²) in [4.78, 5) is 15.7. The zero-order valence-corrected chi connectivity index (χ0v) is 11.3. The van der Waals surface area contributed by atoms with Crippen molar-refractivity contribution in [3.8, 4) is 0 Å². The molecule has 0 aliphatic carbocycles. The van der Waals surface area contributed by atoms with Crippen molar-refractivity contribution >= 4 is 37.6 Å². The second-order valence-electron chi connectivity index (χ2n) is 3.67. The molecule has 2 rings (SSSR count). The molecule has 17 heavy (non-hydrogen) atoms. The van der Waals surface area contributed by atoms with Crippen LogP contribution in [0.25, 0.3) is 0 Å². The third-order valence-corrected chi connectivity index (χ3v) is 3.28. The van der Waals surface area contributed by atoms with Crippen LogP contribution in [0.1, 0.15) is 11.1 Å². The maximum Gasteiger partial charge on any atom is 0.283 e. The van der Waals surface area contributed by atoms with Crippen LogP contribution in [0.3, 0.4) is 0 Å². The molecule has 7 heteroatoms. The Kier molecular flexibility index (Phi) is 3.05. The van der Waals surface area contributed by atoms with Gasteiger partial charge in [-0.1, -0.05) is 22.0 Å². The van der Waals surface area contributed by atoms with Crippen LogP contribution in [0.5, 0.6) is 0 Å².